The Balaban J connectivity index is 1.36. The maximum atomic E-state index is 12.8. The highest BCUT2D eigenvalue weighted by atomic mass is 32.2. The number of rotatable bonds is 5. The molecule has 0 spiro atoms. The van der Waals surface area contributed by atoms with Crippen LogP contribution in [-0.2, 0) is 9.59 Å². The number of benzene rings is 3. The fourth-order valence-corrected chi connectivity index (χ4v) is 7.27. The standard InChI is InChI=1S/C31H26N2O3S2/c1-2-5-19-8-10-22-17-23(12-11-21(22)14-19)33-26-7-4-3-6-24(26)25-15-20(9-13-27(25)33)16-28-30(36)32(18-29(34)35)31(37)38-28/h1-2,5,8-17,24,26H,3-4,6-7,18H2,(H,34,35)/b5-2?,28-16-. The molecule has 2 fully saturated rings. The Morgan fingerprint density at radius 1 is 1.05 bits per heavy atom. The summed E-state index contributed by atoms with van der Waals surface area (Å²) in [5.41, 5.74) is 5.74. The summed E-state index contributed by atoms with van der Waals surface area (Å²) in [6, 6.07) is 19.9. The van der Waals surface area contributed by atoms with E-state index in [1.54, 1.807) is 6.08 Å². The first-order valence-electron chi connectivity index (χ1n) is 12.8. The molecule has 1 saturated heterocycles. The maximum absolute atomic E-state index is 12.8. The number of carbonyl (C=O) groups excluding carboxylic acids is 1. The number of anilines is 2. The first-order chi connectivity index (χ1) is 18.4. The fourth-order valence-electron chi connectivity index (χ4n) is 6.01. The van der Waals surface area contributed by atoms with Gasteiger partial charge in [0.05, 0.1) is 4.91 Å². The number of carboxylic acid groups (broad SMARTS) is 1. The predicted octanol–water partition coefficient (Wildman–Crippen LogP) is 7.03. The summed E-state index contributed by atoms with van der Waals surface area (Å²) < 4.78 is 0.283. The van der Waals surface area contributed by atoms with Crippen LogP contribution in [0.4, 0.5) is 11.4 Å². The number of aliphatic carboxylic acids is 1. The van der Waals surface area contributed by atoms with Gasteiger partial charge in [-0.05, 0) is 83.6 Å². The number of thiocarbonyl (C=S) groups is 1. The molecule has 190 valence electrons. The van der Waals surface area contributed by atoms with Crippen molar-refractivity contribution >= 4 is 74.5 Å². The Morgan fingerprint density at radius 2 is 1.82 bits per heavy atom. The zero-order valence-electron chi connectivity index (χ0n) is 20.7. The highest BCUT2D eigenvalue weighted by Gasteiger charge is 2.40. The number of carboxylic acids is 1. The van der Waals surface area contributed by atoms with Crippen molar-refractivity contribution in [2.75, 3.05) is 11.4 Å². The van der Waals surface area contributed by atoms with Gasteiger partial charge in [-0.25, -0.2) is 0 Å². The summed E-state index contributed by atoms with van der Waals surface area (Å²) in [6.07, 6.45) is 10.0. The molecule has 6 rings (SSSR count). The molecule has 3 aromatic rings. The number of nitrogens with zero attached hydrogens (tertiary/aromatic N) is 2. The van der Waals surface area contributed by atoms with Crippen molar-refractivity contribution in [1.29, 1.82) is 0 Å². The first-order valence-corrected chi connectivity index (χ1v) is 14.0. The van der Waals surface area contributed by atoms with Crippen LogP contribution in [0, 0.1) is 6.92 Å². The van der Waals surface area contributed by atoms with Crippen LogP contribution >= 0.6 is 24.0 Å². The molecule has 2 unspecified atom stereocenters. The van der Waals surface area contributed by atoms with Gasteiger partial charge >= 0.3 is 5.97 Å². The van der Waals surface area contributed by atoms with E-state index in [1.807, 2.05) is 18.2 Å². The Labute approximate surface area is 231 Å². The molecule has 3 aliphatic rings. The van der Waals surface area contributed by atoms with E-state index in [1.165, 1.54) is 40.6 Å². The minimum atomic E-state index is -1.08. The van der Waals surface area contributed by atoms with Crippen LogP contribution in [0.1, 0.15) is 48.3 Å². The quantitative estimate of drug-likeness (QED) is 0.278. The lowest BCUT2D eigenvalue weighted by atomic mass is 9.82. The van der Waals surface area contributed by atoms with Crippen LogP contribution in [0.3, 0.4) is 0 Å². The highest BCUT2D eigenvalue weighted by molar-refractivity contribution is 8.26. The average Bonchev–Trinajstić information content (AvgIpc) is 3.37. The van der Waals surface area contributed by atoms with Gasteiger partial charge in [-0.15, -0.1) is 0 Å². The molecule has 0 aromatic heterocycles. The summed E-state index contributed by atoms with van der Waals surface area (Å²) in [7, 11) is 0. The topological polar surface area (TPSA) is 60.9 Å². The number of hydrogen-bond acceptors (Lipinski definition) is 5. The Kier molecular flexibility index (Phi) is 6.58. The van der Waals surface area contributed by atoms with Crippen molar-refractivity contribution in [2.24, 2.45) is 0 Å². The van der Waals surface area contributed by atoms with E-state index in [0.29, 0.717) is 16.9 Å². The molecule has 2 radical (unpaired) electrons. The van der Waals surface area contributed by atoms with Crippen LogP contribution in [-0.4, -0.2) is 38.8 Å². The van der Waals surface area contributed by atoms with E-state index in [0.717, 1.165) is 40.6 Å². The Hall–Kier alpha value is -3.42. The normalized spacial score (nSPS) is 22.1. The van der Waals surface area contributed by atoms with E-state index in [9.17, 15) is 9.59 Å². The number of thioether (sulfide) groups is 1. The molecule has 38 heavy (non-hydrogen) atoms. The van der Waals surface area contributed by atoms with Crippen LogP contribution in [0.25, 0.3) is 22.9 Å². The summed E-state index contributed by atoms with van der Waals surface area (Å²) in [6.45, 7) is 5.16. The number of fused-ring (bicyclic) bond motifs is 4. The molecule has 2 aliphatic heterocycles. The van der Waals surface area contributed by atoms with Crippen LogP contribution < -0.4 is 4.90 Å². The molecule has 7 heteroatoms. The monoisotopic (exact) mass is 538 g/mol. The van der Waals surface area contributed by atoms with Crippen LogP contribution in [0.15, 0.2) is 65.6 Å². The van der Waals surface area contributed by atoms with E-state index < -0.39 is 12.5 Å². The highest BCUT2D eigenvalue weighted by Crippen LogP contribution is 2.51. The predicted molar refractivity (Wildman–Crippen MR) is 158 cm³/mol. The van der Waals surface area contributed by atoms with Crippen molar-refractivity contribution < 1.29 is 14.7 Å². The van der Waals surface area contributed by atoms with Crippen molar-refractivity contribution in [3.8, 4) is 0 Å². The second-order valence-electron chi connectivity index (χ2n) is 9.96. The number of amides is 1. The summed E-state index contributed by atoms with van der Waals surface area (Å²) in [5, 5.41) is 11.5. The van der Waals surface area contributed by atoms with E-state index in [4.69, 9.17) is 24.2 Å². The second kappa shape index (κ2) is 10.0. The molecule has 1 N–H and O–H groups in total. The Bertz CT molecular complexity index is 1540. The molecule has 5 nitrogen and oxygen atoms in total. The lowest BCUT2D eigenvalue weighted by Crippen LogP contribution is -2.33. The second-order valence-corrected chi connectivity index (χ2v) is 11.6. The fraction of sp³-hybridized carbons (Fsp3) is 0.226. The number of hydrogen-bond donors (Lipinski definition) is 1. The van der Waals surface area contributed by atoms with Crippen LogP contribution in [0.2, 0.25) is 0 Å². The smallest absolute Gasteiger partial charge is 0.323 e. The van der Waals surface area contributed by atoms with Crippen LogP contribution in [0.5, 0.6) is 0 Å². The number of carbonyl (C=O) groups is 2. The lowest BCUT2D eigenvalue weighted by molar-refractivity contribution is -0.140. The molecule has 3 aromatic carbocycles. The molecular formula is C31H26N2O3S2. The van der Waals surface area contributed by atoms with Gasteiger partial charge in [0.1, 0.15) is 10.9 Å². The third-order valence-corrected chi connectivity index (χ3v) is 9.03. The van der Waals surface area contributed by atoms with E-state index in [2.05, 4.69) is 53.4 Å². The third kappa shape index (κ3) is 4.44. The van der Waals surface area contributed by atoms with Gasteiger partial charge in [0, 0.05) is 23.3 Å². The van der Waals surface area contributed by atoms with Gasteiger partial charge in [-0.2, -0.15) is 0 Å². The molecule has 1 saturated carbocycles. The van der Waals surface area contributed by atoms with Crippen molar-refractivity contribution in [3.05, 3.63) is 89.2 Å². The van der Waals surface area contributed by atoms with Gasteiger partial charge in [0.15, 0.2) is 0 Å². The van der Waals surface area contributed by atoms with Crippen molar-refractivity contribution in [1.82, 2.24) is 4.90 Å². The summed E-state index contributed by atoms with van der Waals surface area (Å²) in [4.78, 5) is 28.0. The maximum Gasteiger partial charge on any atom is 0.323 e. The molecule has 2 heterocycles. The van der Waals surface area contributed by atoms with Crippen molar-refractivity contribution in [3.63, 3.8) is 0 Å². The summed E-state index contributed by atoms with van der Waals surface area (Å²) in [5.74, 6) is -0.993. The average molecular weight is 539 g/mol. The third-order valence-electron chi connectivity index (χ3n) is 7.65. The van der Waals surface area contributed by atoms with Gasteiger partial charge in [0.25, 0.3) is 5.91 Å². The lowest BCUT2D eigenvalue weighted by Gasteiger charge is -2.33. The minimum Gasteiger partial charge on any atom is -0.480 e. The van der Waals surface area contributed by atoms with Crippen molar-refractivity contribution in [2.45, 2.75) is 37.6 Å². The zero-order valence-corrected chi connectivity index (χ0v) is 22.3. The molecule has 2 atom stereocenters. The SMILES string of the molecule is [CH]C=Cc1ccc2cc(N3c4ccc(/C=C5\SC(=S)N(CC(=O)O)C5=O)cc4C4CCCCC43)ccc2c1. The minimum absolute atomic E-state index is 0.283. The largest absolute Gasteiger partial charge is 0.480 e. The van der Waals surface area contributed by atoms with Gasteiger partial charge in [0.2, 0.25) is 0 Å². The first kappa shape index (κ1) is 24.9. The van der Waals surface area contributed by atoms with E-state index in [-0.39, 0.29) is 10.2 Å². The van der Waals surface area contributed by atoms with Gasteiger partial charge in [-0.1, -0.05) is 73.2 Å². The zero-order chi connectivity index (χ0) is 26.4. The molecular weight excluding hydrogens is 512 g/mol. The van der Waals surface area contributed by atoms with E-state index >= 15 is 0 Å². The Morgan fingerprint density at radius 3 is 2.63 bits per heavy atom. The summed E-state index contributed by atoms with van der Waals surface area (Å²) >= 11 is 6.42. The van der Waals surface area contributed by atoms with Gasteiger partial charge < -0.3 is 10.0 Å². The molecule has 1 aliphatic carbocycles. The number of allylic oxidation sites excluding steroid dienone is 1. The molecule has 1 amide bonds. The van der Waals surface area contributed by atoms with Gasteiger partial charge in [-0.3, -0.25) is 14.5 Å². The molecule has 0 bridgehead atoms.